The molecule has 0 unspecified atom stereocenters. The molecule has 0 spiro atoms. The Balaban J connectivity index is 1.47. The van der Waals surface area contributed by atoms with Crippen molar-refractivity contribution in [3.63, 3.8) is 0 Å². The first kappa shape index (κ1) is 20.4. The van der Waals surface area contributed by atoms with Gasteiger partial charge in [-0.15, -0.1) is 5.10 Å². The Labute approximate surface area is 172 Å². The number of carbonyl (C=O) groups is 2. The molecule has 4 N–H and O–H groups in total. The molecule has 150 valence electrons. The first-order valence-corrected chi connectivity index (χ1v) is 9.83. The summed E-state index contributed by atoms with van der Waals surface area (Å²) in [6.07, 6.45) is 0. The molecule has 0 aliphatic carbocycles. The number of ether oxygens (including phenoxy) is 1. The van der Waals surface area contributed by atoms with Gasteiger partial charge in [0.15, 0.2) is 5.82 Å². The number of nitrogens with one attached hydrogen (secondary N) is 2. The standard InChI is InChI=1S/C20H21N5O3S/c1-12-3-4-13(2)16(9-12)28-10-17-23-20(25-24-17)29-11-18(26)22-15-7-5-14(6-8-15)19(21)27/h3-9H,10-11H2,1-2H3,(H2,21,27)(H,22,26)(H,23,24,25). The smallest absolute Gasteiger partial charge is 0.248 e. The molecule has 0 saturated heterocycles. The SMILES string of the molecule is Cc1ccc(C)c(OCc2nc(SCC(=O)Nc3ccc(C(N)=O)cc3)n[nH]2)c1. The van der Waals surface area contributed by atoms with Gasteiger partial charge in [-0.3, -0.25) is 14.7 Å². The summed E-state index contributed by atoms with van der Waals surface area (Å²) in [4.78, 5) is 27.5. The lowest BCUT2D eigenvalue weighted by molar-refractivity contribution is -0.113. The average molecular weight is 411 g/mol. The van der Waals surface area contributed by atoms with E-state index in [1.165, 1.54) is 11.8 Å². The van der Waals surface area contributed by atoms with Crippen LogP contribution in [-0.2, 0) is 11.4 Å². The van der Waals surface area contributed by atoms with Crippen molar-refractivity contribution in [3.05, 3.63) is 65.0 Å². The highest BCUT2D eigenvalue weighted by molar-refractivity contribution is 7.99. The fourth-order valence-electron chi connectivity index (χ4n) is 2.46. The van der Waals surface area contributed by atoms with Gasteiger partial charge in [0.05, 0.1) is 5.75 Å². The number of aromatic amines is 1. The number of thioether (sulfide) groups is 1. The van der Waals surface area contributed by atoms with Crippen LogP contribution in [0.25, 0.3) is 0 Å². The van der Waals surface area contributed by atoms with E-state index in [9.17, 15) is 9.59 Å². The minimum atomic E-state index is -0.514. The molecule has 3 rings (SSSR count). The topological polar surface area (TPSA) is 123 Å². The summed E-state index contributed by atoms with van der Waals surface area (Å²) in [7, 11) is 0. The number of benzene rings is 2. The highest BCUT2D eigenvalue weighted by atomic mass is 32.2. The number of aromatic nitrogens is 3. The minimum absolute atomic E-state index is 0.146. The second-order valence-electron chi connectivity index (χ2n) is 6.40. The number of hydrogen-bond acceptors (Lipinski definition) is 6. The molecule has 0 aliphatic rings. The fraction of sp³-hybridized carbons (Fsp3) is 0.200. The number of primary amides is 1. The van der Waals surface area contributed by atoms with Crippen LogP contribution in [0, 0.1) is 13.8 Å². The van der Waals surface area contributed by atoms with Crippen LogP contribution in [0.5, 0.6) is 5.75 Å². The summed E-state index contributed by atoms with van der Waals surface area (Å²) in [5, 5.41) is 10.1. The Bertz CT molecular complexity index is 1020. The number of nitrogens with two attached hydrogens (primary N) is 1. The zero-order chi connectivity index (χ0) is 20.8. The highest BCUT2D eigenvalue weighted by Crippen LogP contribution is 2.20. The van der Waals surface area contributed by atoms with Gasteiger partial charge >= 0.3 is 0 Å². The van der Waals surface area contributed by atoms with Gasteiger partial charge in [0.1, 0.15) is 12.4 Å². The van der Waals surface area contributed by atoms with Crippen LogP contribution in [0.1, 0.15) is 27.3 Å². The third-order valence-corrected chi connectivity index (χ3v) is 4.85. The maximum absolute atomic E-state index is 12.1. The maximum Gasteiger partial charge on any atom is 0.248 e. The lowest BCUT2D eigenvalue weighted by atomic mass is 10.1. The normalized spacial score (nSPS) is 10.6. The Morgan fingerprint density at radius 2 is 1.93 bits per heavy atom. The van der Waals surface area contributed by atoms with Crippen molar-refractivity contribution in [2.45, 2.75) is 25.6 Å². The largest absolute Gasteiger partial charge is 0.485 e. The Kier molecular flexibility index (Phi) is 6.50. The number of amides is 2. The number of aryl methyl sites for hydroxylation is 2. The molecule has 0 aliphatic heterocycles. The highest BCUT2D eigenvalue weighted by Gasteiger charge is 2.10. The van der Waals surface area contributed by atoms with Crippen LogP contribution >= 0.6 is 11.8 Å². The van der Waals surface area contributed by atoms with Crippen LogP contribution in [-0.4, -0.2) is 32.7 Å². The zero-order valence-electron chi connectivity index (χ0n) is 16.1. The molecular formula is C20H21N5O3S. The van der Waals surface area contributed by atoms with Crippen LogP contribution in [0.3, 0.4) is 0 Å². The molecule has 1 aromatic heterocycles. The zero-order valence-corrected chi connectivity index (χ0v) is 16.9. The summed E-state index contributed by atoms with van der Waals surface area (Å²) in [6.45, 7) is 4.25. The maximum atomic E-state index is 12.1. The number of rotatable bonds is 8. The van der Waals surface area contributed by atoms with E-state index in [0.717, 1.165) is 16.9 Å². The van der Waals surface area contributed by atoms with Crippen LogP contribution in [0.4, 0.5) is 5.69 Å². The van der Waals surface area contributed by atoms with Crippen molar-refractivity contribution in [2.75, 3.05) is 11.1 Å². The van der Waals surface area contributed by atoms with E-state index in [2.05, 4.69) is 20.5 Å². The summed E-state index contributed by atoms with van der Waals surface area (Å²) in [5.74, 6) is 0.806. The summed E-state index contributed by atoms with van der Waals surface area (Å²) < 4.78 is 5.79. The number of H-pyrrole nitrogens is 1. The number of nitrogens with zero attached hydrogens (tertiary/aromatic N) is 2. The van der Waals surface area contributed by atoms with Crippen LogP contribution in [0.15, 0.2) is 47.6 Å². The van der Waals surface area contributed by atoms with E-state index < -0.39 is 5.91 Å². The molecule has 2 amide bonds. The van der Waals surface area contributed by atoms with Gasteiger partial charge in [0.25, 0.3) is 0 Å². The van der Waals surface area contributed by atoms with Crippen molar-refractivity contribution in [1.29, 1.82) is 0 Å². The first-order chi connectivity index (χ1) is 13.9. The van der Waals surface area contributed by atoms with Crippen molar-refractivity contribution < 1.29 is 14.3 Å². The van der Waals surface area contributed by atoms with Crippen molar-refractivity contribution >= 4 is 29.3 Å². The van der Waals surface area contributed by atoms with E-state index >= 15 is 0 Å². The van der Waals surface area contributed by atoms with Gasteiger partial charge in [-0.1, -0.05) is 23.9 Å². The predicted molar refractivity (Wildman–Crippen MR) is 111 cm³/mol. The van der Waals surface area contributed by atoms with E-state index in [1.807, 2.05) is 32.0 Å². The number of hydrogen-bond donors (Lipinski definition) is 3. The van der Waals surface area contributed by atoms with Gasteiger partial charge < -0.3 is 15.8 Å². The third kappa shape index (κ3) is 5.82. The molecule has 8 nitrogen and oxygen atoms in total. The van der Waals surface area contributed by atoms with Gasteiger partial charge in [0, 0.05) is 11.3 Å². The van der Waals surface area contributed by atoms with E-state index in [0.29, 0.717) is 22.2 Å². The molecule has 0 saturated carbocycles. The molecule has 0 atom stereocenters. The summed E-state index contributed by atoms with van der Waals surface area (Å²) in [5.41, 5.74) is 8.32. The first-order valence-electron chi connectivity index (χ1n) is 8.84. The summed E-state index contributed by atoms with van der Waals surface area (Å²) in [6, 6.07) is 12.4. The van der Waals surface area contributed by atoms with Gasteiger partial charge in [-0.05, 0) is 55.3 Å². The molecule has 0 fully saturated rings. The Morgan fingerprint density at radius 3 is 2.66 bits per heavy atom. The van der Waals surface area contributed by atoms with Crippen LogP contribution < -0.4 is 15.8 Å². The van der Waals surface area contributed by atoms with Gasteiger partial charge in [-0.25, -0.2) is 4.98 Å². The number of carbonyl (C=O) groups excluding carboxylic acids is 2. The van der Waals surface area contributed by atoms with Crippen LogP contribution in [0.2, 0.25) is 0 Å². The predicted octanol–water partition coefficient (Wildman–Crippen LogP) is 2.83. The second-order valence-corrected chi connectivity index (χ2v) is 7.34. The molecular weight excluding hydrogens is 390 g/mol. The quantitative estimate of drug-likeness (QED) is 0.490. The molecule has 9 heteroatoms. The fourth-order valence-corrected chi connectivity index (χ4v) is 3.08. The monoisotopic (exact) mass is 411 g/mol. The van der Waals surface area contributed by atoms with Gasteiger partial charge in [0.2, 0.25) is 17.0 Å². The average Bonchev–Trinajstić information content (AvgIpc) is 3.15. The molecule has 0 bridgehead atoms. The third-order valence-electron chi connectivity index (χ3n) is 4.00. The molecule has 29 heavy (non-hydrogen) atoms. The Morgan fingerprint density at radius 1 is 1.17 bits per heavy atom. The molecule has 3 aromatic rings. The van der Waals surface area contributed by atoms with Crippen molar-refractivity contribution in [1.82, 2.24) is 15.2 Å². The summed E-state index contributed by atoms with van der Waals surface area (Å²) >= 11 is 1.21. The molecule has 1 heterocycles. The lowest BCUT2D eigenvalue weighted by Gasteiger charge is -2.08. The minimum Gasteiger partial charge on any atom is -0.485 e. The van der Waals surface area contributed by atoms with E-state index in [1.54, 1.807) is 24.3 Å². The van der Waals surface area contributed by atoms with Crippen molar-refractivity contribution in [2.24, 2.45) is 5.73 Å². The molecule has 2 aromatic carbocycles. The number of anilines is 1. The van der Waals surface area contributed by atoms with Crippen molar-refractivity contribution in [3.8, 4) is 5.75 Å². The molecule has 0 radical (unpaired) electrons. The van der Waals surface area contributed by atoms with E-state index in [4.69, 9.17) is 10.5 Å². The lowest BCUT2D eigenvalue weighted by Crippen LogP contribution is -2.15. The Hall–Kier alpha value is -3.33. The van der Waals surface area contributed by atoms with Gasteiger partial charge in [-0.2, -0.15) is 0 Å². The van der Waals surface area contributed by atoms with E-state index in [-0.39, 0.29) is 18.3 Å². The second kappa shape index (κ2) is 9.24.